The fourth-order valence-electron chi connectivity index (χ4n) is 0. The molecule has 0 unspecified atom stereocenters. The molecule has 0 aromatic carbocycles. The van der Waals surface area contributed by atoms with Gasteiger partial charge in [0.05, 0.1) is 0 Å². The van der Waals surface area contributed by atoms with Crippen molar-refractivity contribution in [2.75, 3.05) is 6.51 Å². The number of aliphatic hydroxyl groups excluding tert-OH is 1. The van der Waals surface area contributed by atoms with Crippen LogP contribution in [-0.2, 0) is 0 Å². The molecule has 0 aliphatic heterocycles. The third kappa shape index (κ3) is 3.81. The van der Waals surface area contributed by atoms with Crippen LogP contribution >= 0.6 is 0 Å². The van der Waals surface area contributed by atoms with Crippen molar-refractivity contribution in [3.05, 3.63) is 0 Å². The molecule has 5 heteroatoms. The average molecular weight is 98.8 g/mol. The van der Waals surface area contributed by atoms with E-state index in [1.165, 1.54) is 0 Å². The molecule has 1 N–H and O–H groups in total. The van der Waals surface area contributed by atoms with Crippen LogP contribution in [-0.4, -0.2) is 18.6 Å². The Morgan fingerprint density at radius 3 is 1.50 bits per heavy atom. The van der Waals surface area contributed by atoms with E-state index in [4.69, 9.17) is 5.11 Å². The van der Waals surface area contributed by atoms with Crippen molar-refractivity contribution in [3.63, 3.8) is 0 Å². The highest BCUT2D eigenvalue weighted by molar-refractivity contribution is 6.58. The average Bonchev–Trinajstić information content (AvgIpc) is 1.35. The maximum atomic E-state index is 10.6. The molecule has 0 spiro atoms. The van der Waals surface area contributed by atoms with Gasteiger partial charge >= 0.3 is 6.98 Å². The van der Waals surface area contributed by atoms with Gasteiger partial charge in [0.2, 0.25) is 0 Å². The first-order chi connectivity index (χ1) is 2.56. The van der Waals surface area contributed by atoms with Crippen molar-refractivity contribution in [1.29, 1.82) is 0 Å². The summed E-state index contributed by atoms with van der Waals surface area (Å²) in [4.78, 5) is 0. The Hall–Kier alpha value is -0.185. The Balaban J connectivity index is 3.17. The molecule has 0 heterocycles. The molecule has 1 nitrogen and oxygen atoms in total. The smallest absolute Gasteiger partial charge is 0.447 e. The van der Waals surface area contributed by atoms with Gasteiger partial charge in [0.1, 0.15) is 0 Å². The summed E-state index contributed by atoms with van der Waals surface area (Å²) in [6, 6.07) is 0. The zero-order valence-corrected chi connectivity index (χ0v) is 2.87. The van der Waals surface area contributed by atoms with Crippen LogP contribution in [0.2, 0.25) is 0 Å². The van der Waals surface area contributed by atoms with Crippen LogP contribution in [0.15, 0.2) is 0 Å². The molecule has 0 aliphatic carbocycles. The Bertz CT molecular complexity index is 40.5. The first-order valence-electron chi connectivity index (χ1n) is 1.38. The molecule has 0 aromatic heterocycles. The second kappa shape index (κ2) is 1.51. The van der Waals surface area contributed by atoms with E-state index in [9.17, 15) is 12.9 Å². The number of aliphatic hydroxyl groups is 1. The van der Waals surface area contributed by atoms with Crippen LogP contribution in [0.25, 0.3) is 0 Å². The molecule has 0 fully saturated rings. The van der Waals surface area contributed by atoms with Crippen molar-refractivity contribution in [2.24, 2.45) is 0 Å². The highest BCUT2D eigenvalue weighted by atomic mass is 19.4. The lowest BCUT2D eigenvalue weighted by molar-refractivity contribution is 0.295. The Labute approximate surface area is 32.8 Å². The summed E-state index contributed by atoms with van der Waals surface area (Å²) in [5.74, 6) is 0. The minimum absolute atomic E-state index is 1.67. The summed E-state index contributed by atoms with van der Waals surface area (Å²) in [7, 11) is 0. The zero-order valence-electron chi connectivity index (χ0n) is 2.87. The topological polar surface area (TPSA) is 20.2 Å². The lowest BCUT2D eigenvalue weighted by atomic mass is 9.95. The number of hydrogen-bond donors (Lipinski definition) is 1. The molecule has 0 rings (SSSR count). The molecule has 38 valence electrons. The molecular weight excluding hydrogens is 95.8 g/mol. The van der Waals surface area contributed by atoms with E-state index >= 15 is 0 Å². The molecule has 6 heavy (non-hydrogen) atoms. The predicted molar refractivity (Wildman–Crippen MR) is 16.2 cm³/mol. The van der Waals surface area contributed by atoms with E-state index in [0.717, 1.165) is 0 Å². The normalized spacial score (nSPS) is 12.0. The summed E-state index contributed by atoms with van der Waals surface area (Å²) in [6.45, 7) is -6.60. The molecular formula is CH3BF3O-. The van der Waals surface area contributed by atoms with E-state index in [1.54, 1.807) is 0 Å². The van der Waals surface area contributed by atoms with Crippen molar-refractivity contribution in [3.8, 4) is 0 Å². The largest absolute Gasteiger partial charge is 0.503 e. The van der Waals surface area contributed by atoms with Gasteiger partial charge < -0.3 is 18.1 Å². The molecule has 0 atom stereocenters. The standard InChI is InChI=1S/CH3BF3O/c3-2(4,5)1-6/h6H,1H2/q-1. The van der Waals surface area contributed by atoms with Crippen LogP contribution in [0.5, 0.6) is 0 Å². The Morgan fingerprint density at radius 1 is 1.33 bits per heavy atom. The fourth-order valence-corrected chi connectivity index (χ4v) is 0. The molecule has 0 aliphatic rings. The second-order valence-corrected chi connectivity index (χ2v) is 0.893. The minimum atomic E-state index is -4.93. The summed E-state index contributed by atoms with van der Waals surface area (Å²) in [5, 5.41) is 7.31. The molecule has 0 amide bonds. The van der Waals surface area contributed by atoms with E-state index < -0.39 is 13.5 Å². The first kappa shape index (κ1) is 5.81. The van der Waals surface area contributed by atoms with Gasteiger partial charge in [0.15, 0.2) is 0 Å². The molecule has 0 saturated carbocycles. The number of hydrogen-bond acceptors (Lipinski definition) is 1. The summed E-state index contributed by atoms with van der Waals surface area (Å²) in [6.07, 6.45) is 0. The second-order valence-electron chi connectivity index (χ2n) is 0.893. The van der Waals surface area contributed by atoms with Crippen molar-refractivity contribution >= 4 is 6.98 Å². The maximum absolute atomic E-state index is 10.6. The van der Waals surface area contributed by atoms with Gasteiger partial charge in [0, 0.05) is 6.51 Å². The Kier molecular flexibility index (Phi) is 1.46. The van der Waals surface area contributed by atoms with E-state index in [1.807, 2.05) is 0 Å². The van der Waals surface area contributed by atoms with Crippen molar-refractivity contribution < 1.29 is 18.1 Å². The van der Waals surface area contributed by atoms with Gasteiger partial charge in [-0.2, -0.15) is 0 Å². The summed E-state index contributed by atoms with van der Waals surface area (Å²) >= 11 is 0. The summed E-state index contributed by atoms with van der Waals surface area (Å²) < 4.78 is 31.8. The van der Waals surface area contributed by atoms with Crippen LogP contribution < -0.4 is 0 Å². The quantitative estimate of drug-likeness (QED) is 0.470. The van der Waals surface area contributed by atoms with Crippen LogP contribution in [0, 0.1) is 0 Å². The SMILES string of the molecule is OC[B-](F)(F)F. The van der Waals surface area contributed by atoms with Crippen LogP contribution in [0.1, 0.15) is 0 Å². The van der Waals surface area contributed by atoms with Crippen LogP contribution in [0.3, 0.4) is 0 Å². The third-order valence-electron chi connectivity index (χ3n) is 0.207. The lowest BCUT2D eigenvalue weighted by Gasteiger charge is -2.05. The van der Waals surface area contributed by atoms with Gasteiger partial charge in [-0.05, 0) is 0 Å². The minimum Gasteiger partial charge on any atom is -0.447 e. The predicted octanol–water partition coefficient (Wildman–Crippen LogP) is 0.365. The van der Waals surface area contributed by atoms with E-state index in [-0.39, 0.29) is 0 Å². The molecule has 0 bridgehead atoms. The highest BCUT2D eigenvalue weighted by Gasteiger charge is 2.20. The van der Waals surface area contributed by atoms with Crippen molar-refractivity contribution in [1.82, 2.24) is 0 Å². The fraction of sp³-hybridized carbons (Fsp3) is 1.00. The van der Waals surface area contributed by atoms with Crippen LogP contribution in [0.4, 0.5) is 12.9 Å². The van der Waals surface area contributed by atoms with E-state index in [2.05, 4.69) is 0 Å². The molecule has 0 radical (unpaired) electrons. The molecule has 0 aromatic rings. The number of halogens is 3. The van der Waals surface area contributed by atoms with Gasteiger partial charge in [-0.15, -0.1) is 0 Å². The Morgan fingerprint density at radius 2 is 1.50 bits per heavy atom. The number of rotatable bonds is 1. The van der Waals surface area contributed by atoms with Gasteiger partial charge in [-0.25, -0.2) is 0 Å². The first-order valence-corrected chi connectivity index (χ1v) is 1.38. The van der Waals surface area contributed by atoms with Gasteiger partial charge in [0.25, 0.3) is 0 Å². The molecule has 0 saturated heterocycles. The zero-order chi connectivity index (χ0) is 5.21. The van der Waals surface area contributed by atoms with Crippen molar-refractivity contribution in [2.45, 2.75) is 0 Å². The van der Waals surface area contributed by atoms with Gasteiger partial charge in [-0.3, -0.25) is 0 Å². The van der Waals surface area contributed by atoms with Gasteiger partial charge in [-0.1, -0.05) is 0 Å². The van der Waals surface area contributed by atoms with E-state index in [0.29, 0.717) is 0 Å². The lowest BCUT2D eigenvalue weighted by Crippen LogP contribution is -2.20. The summed E-state index contributed by atoms with van der Waals surface area (Å²) in [5.41, 5.74) is 0. The third-order valence-corrected chi connectivity index (χ3v) is 0.207. The highest BCUT2D eigenvalue weighted by Crippen LogP contribution is 2.04. The maximum Gasteiger partial charge on any atom is 0.503 e. The monoisotopic (exact) mass is 99.0 g/mol.